The molecular formula is C18H22Cl2N2O4. The van der Waals surface area contributed by atoms with E-state index in [-0.39, 0.29) is 18.7 Å². The summed E-state index contributed by atoms with van der Waals surface area (Å²) in [5.41, 5.74) is 5.46. The molecule has 2 N–H and O–H groups in total. The number of carbonyl (C=O) groups excluding carboxylic acids is 3. The highest BCUT2D eigenvalue weighted by atomic mass is 35.5. The maximum absolute atomic E-state index is 12.6. The second-order valence-electron chi connectivity index (χ2n) is 6.54. The quantitative estimate of drug-likeness (QED) is 0.343. The van der Waals surface area contributed by atoms with Gasteiger partial charge in [-0.05, 0) is 38.0 Å². The van der Waals surface area contributed by atoms with Crippen molar-refractivity contribution in [3.8, 4) is 5.75 Å². The Morgan fingerprint density at radius 1 is 1.35 bits per heavy atom. The third-order valence-corrected chi connectivity index (χ3v) is 5.43. The molecule has 1 amide bonds. The van der Waals surface area contributed by atoms with Gasteiger partial charge in [-0.2, -0.15) is 0 Å². The van der Waals surface area contributed by atoms with E-state index in [0.717, 1.165) is 5.56 Å². The summed E-state index contributed by atoms with van der Waals surface area (Å²) in [6, 6.07) is 5.00. The number of hydrogen-bond acceptors (Lipinski definition) is 5. The number of rotatable bonds is 6. The van der Waals surface area contributed by atoms with Crippen molar-refractivity contribution in [2.24, 2.45) is 17.6 Å². The molecule has 3 atom stereocenters. The molecule has 1 aromatic carbocycles. The third-order valence-electron chi connectivity index (χ3n) is 4.60. The molecule has 1 aliphatic heterocycles. The van der Waals surface area contributed by atoms with E-state index in [9.17, 15) is 14.4 Å². The first-order chi connectivity index (χ1) is 12.2. The van der Waals surface area contributed by atoms with E-state index in [1.54, 1.807) is 23.1 Å². The van der Waals surface area contributed by atoms with E-state index in [2.05, 4.69) is 0 Å². The number of nitrogens with zero attached hydrogens (tertiary/aromatic N) is 1. The van der Waals surface area contributed by atoms with E-state index < -0.39 is 29.2 Å². The normalized spacial score (nSPS) is 21.8. The van der Waals surface area contributed by atoms with Crippen LogP contribution in [0.3, 0.4) is 0 Å². The topological polar surface area (TPSA) is 89.7 Å². The highest BCUT2D eigenvalue weighted by Crippen LogP contribution is 2.30. The fraction of sp³-hybridized carbons (Fsp3) is 0.500. The molecule has 1 saturated heterocycles. The Morgan fingerprint density at radius 3 is 2.62 bits per heavy atom. The van der Waals surface area contributed by atoms with Crippen molar-refractivity contribution in [1.82, 2.24) is 4.90 Å². The largest absolute Gasteiger partial charge is 0.426 e. The molecule has 3 unspecified atom stereocenters. The Bertz CT molecular complexity index is 710. The Kier molecular flexibility index (Phi) is 7.03. The first kappa shape index (κ1) is 20.7. The SMILES string of the molecule is CC(=O)C1CN(C(Cl)CC(N)=O)CCC1C(=O)Oc1ccc(C)c(Cl)c1. The molecule has 0 saturated carbocycles. The molecule has 1 aliphatic rings. The summed E-state index contributed by atoms with van der Waals surface area (Å²) in [5.74, 6) is -1.87. The van der Waals surface area contributed by atoms with Crippen LogP contribution in [0.1, 0.15) is 25.3 Å². The van der Waals surface area contributed by atoms with Gasteiger partial charge >= 0.3 is 5.97 Å². The van der Waals surface area contributed by atoms with Gasteiger partial charge in [0.2, 0.25) is 5.91 Å². The van der Waals surface area contributed by atoms with Crippen molar-refractivity contribution in [3.05, 3.63) is 28.8 Å². The van der Waals surface area contributed by atoms with E-state index in [4.69, 9.17) is 33.7 Å². The van der Waals surface area contributed by atoms with Gasteiger partial charge in [-0.15, -0.1) is 11.6 Å². The minimum absolute atomic E-state index is 0.0108. The van der Waals surface area contributed by atoms with Crippen LogP contribution in [0.25, 0.3) is 0 Å². The zero-order valence-corrected chi connectivity index (χ0v) is 16.2. The standard InChI is InChI=1S/C18H22Cl2N2O4/c1-10-3-4-12(7-15(10)19)26-18(25)13-5-6-22(9-14(13)11(2)23)16(20)8-17(21)24/h3-4,7,13-14,16H,5-6,8-9H2,1-2H3,(H2,21,24). The summed E-state index contributed by atoms with van der Waals surface area (Å²) < 4.78 is 5.43. The average Bonchev–Trinajstić information content (AvgIpc) is 2.57. The molecular weight excluding hydrogens is 379 g/mol. The van der Waals surface area contributed by atoms with Crippen molar-refractivity contribution < 1.29 is 19.1 Å². The summed E-state index contributed by atoms with van der Waals surface area (Å²) in [7, 11) is 0. The van der Waals surface area contributed by atoms with Gasteiger partial charge in [0.25, 0.3) is 0 Å². The molecule has 0 aliphatic carbocycles. The lowest BCUT2D eigenvalue weighted by molar-refractivity contribution is -0.147. The minimum atomic E-state index is -0.595. The predicted molar refractivity (Wildman–Crippen MR) is 99.1 cm³/mol. The number of halogens is 2. The van der Waals surface area contributed by atoms with Crippen LogP contribution in [0.5, 0.6) is 5.75 Å². The smallest absolute Gasteiger partial charge is 0.315 e. The van der Waals surface area contributed by atoms with Gasteiger partial charge in [0.1, 0.15) is 11.5 Å². The number of aryl methyl sites for hydroxylation is 1. The van der Waals surface area contributed by atoms with Gasteiger partial charge < -0.3 is 10.5 Å². The first-order valence-electron chi connectivity index (χ1n) is 8.33. The lowest BCUT2D eigenvalue weighted by atomic mass is 9.83. The zero-order chi connectivity index (χ0) is 19.4. The maximum Gasteiger partial charge on any atom is 0.315 e. The van der Waals surface area contributed by atoms with Gasteiger partial charge in [-0.1, -0.05) is 17.7 Å². The fourth-order valence-electron chi connectivity index (χ4n) is 3.05. The number of amides is 1. The third kappa shape index (κ3) is 5.19. The molecule has 0 radical (unpaired) electrons. The molecule has 0 aromatic heterocycles. The average molecular weight is 401 g/mol. The molecule has 6 nitrogen and oxygen atoms in total. The molecule has 0 spiro atoms. The van der Waals surface area contributed by atoms with Crippen LogP contribution < -0.4 is 10.5 Å². The van der Waals surface area contributed by atoms with Crippen LogP contribution in [0.15, 0.2) is 18.2 Å². The van der Waals surface area contributed by atoms with Crippen LogP contribution in [0, 0.1) is 18.8 Å². The van der Waals surface area contributed by atoms with Crippen LogP contribution >= 0.6 is 23.2 Å². The van der Waals surface area contributed by atoms with E-state index in [0.29, 0.717) is 23.7 Å². The lowest BCUT2D eigenvalue weighted by Gasteiger charge is -2.38. The Balaban J connectivity index is 2.08. The summed E-state index contributed by atoms with van der Waals surface area (Å²) in [6.45, 7) is 4.05. The molecule has 8 heteroatoms. The highest BCUT2D eigenvalue weighted by Gasteiger charge is 2.39. The summed E-state index contributed by atoms with van der Waals surface area (Å²) in [5, 5.41) is 0.504. The van der Waals surface area contributed by atoms with Crippen molar-refractivity contribution in [3.63, 3.8) is 0 Å². The number of carbonyl (C=O) groups is 3. The van der Waals surface area contributed by atoms with E-state index in [1.165, 1.54) is 6.92 Å². The number of likely N-dealkylation sites (tertiary alicyclic amines) is 1. The number of benzene rings is 1. The van der Waals surface area contributed by atoms with Crippen LogP contribution in [-0.2, 0) is 14.4 Å². The van der Waals surface area contributed by atoms with E-state index in [1.807, 2.05) is 6.92 Å². The number of esters is 1. The van der Waals surface area contributed by atoms with Gasteiger partial charge in [0, 0.05) is 24.0 Å². The molecule has 1 heterocycles. The summed E-state index contributed by atoms with van der Waals surface area (Å²) >= 11 is 12.3. The van der Waals surface area contributed by atoms with Crippen molar-refractivity contribution >= 4 is 40.9 Å². The number of hydrogen-bond donors (Lipinski definition) is 1. The van der Waals surface area contributed by atoms with Gasteiger partial charge in [-0.25, -0.2) is 0 Å². The van der Waals surface area contributed by atoms with Crippen molar-refractivity contribution in [2.75, 3.05) is 13.1 Å². The Hall–Kier alpha value is -1.63. The number of alkyl halides is 1. The second kappa shape index (κ2) is 8.84. The van der Waals surface area contributed by atoms with Gasteiger partial charge in [-0.3, -0.25) is 19.3 Å². The second-order valence-corrected chi connectivity index (χ2v) is 7.46. The first-order valence-corrected chi connectivity index (χ1v) is 9.15. The molecule has 26 heavy (non-hydrogen) atoms. The minimum Gasteiger partial charge on any atom is -0.426 e. The highest BCUT2D eigenvalue weighted by molar-refractivity contribution is 6.31. The van der Waals surface area contributed by atoms with Crippen LogP contribution in [0.4, 0.5) is 0 Å². The van der Waals surface area contributed by atoms with Gasteiger partial charge in [0.15, 0.2) is 0 Å². The predicted octanol–water partition coefficient (Wildman–Crippen LogP) is 2.52. The van der Waals surface area contributed by atoms with Crippen LogP contribution in [-0.4, -0.2) is 41.2 Å². The number of ketones is 1. The Morgan fingerprint density at radius 2 is 2.04 bits per heavy atom. The van der Waals surface area contributed by atoms with Crippen molar-refractivity contribution in [2.45, 2.75) is 32.2 Å². The number of Topliss-reactive ketones (excluding diaryl/α,β-unsaturated/α-hetero) is 1. The molecule has 2 rings (SSSR count). The zero-order valence-electron chi connectivity index (χ0n) is 14.7. The fourth-order valence-corrected chi connectivity index (χ4v) is 3.55. The number of primary amides is 1. The number of ether oxygens (including phenoxy) is 1. The number of piperidine rings is 1. The monoisotopic (exact) mass is 400 g/mol. The van der Waals surface area contributed by atoms with Crippen LogP contribution in [0.2, 0.25) is 5.02 Å². The molecule has 142 valence electrons. The Labute approximate surface area is 162 Å². The molecule has 1 fully saturated rings. The van der Waals surface area contributed by atoms with Gasteiger partial charge in [0.05, 0.1) is 17.8 Å². The van der Waals surface area contributed by atoms with Crippen molar-refractivity contribution in [1.29, 1.82) is 0 Å². The van der Waals surface area contributed by atoms with E-state index >= 15 is 0 Å². The number of nitrogens with two attached hydrogens (primary N) is 1. The lowest BCUT2D eigenvalue weighted by Crippen LogP contribution is -2.49. The summed E-state index contributed by atoms with van der Waals surface area (Å²) in [6.07, 6.45) is 0.397. The maximum atomic E-state index is 12.6. The summed E-state index contributed by atoms with van der Waals surface area (Å²) in [4.78, 5) is 37.5. The molecule has 0 bridgehead atoms. The molecule has 1 aromatic rings.